The quantitative estimate of drug-likeness (QED) is 0.578. The fraction of sp³-hybridized carbons (Fsp3) is 0.176. The molecule has 2 heterocycles. The van der Waals surface area contributed by atoms with Gasteiger partial charge in [0.15, 0.2) is 5.13 Å². The van der Waals surface area contributed by atoms with Gasteiger partial charge in [0.1, 0.15) is 5.52 Å². The smallest absolute Gasteiger partial charge is 0.257 e. The first kappa shape index (κ1) is 16.0. The van der Waals surface area contributed by atoms with Crippen molar-refractivity contribution in [2.24, 2.45) is 0 Å². The minimum atomic E-state index is -0.225. The number of hydrogen-bond acceptors (Lipinski definition) is 5. The van der Waals surface area contributed by atoms with E-state index >= 15 is 0 Å². The molecule has 1 amide bonds. The first-order valence-corrected chi connectivity index (χ1v) is 9.04. The molecule has 0 aliphatic carbocycles. The van der Waals surface area contributed by atoms with E-state index in [0.29, 0.717) is 21.2 Å². The Morgan fingerprint density at radius 1 is 1.24 bits per heavy atom. The zero-order chi connectivity index (χ0) is 17.4. The lowest BCUT2D eigenvalue weighted by molar-refractivity contribution is 0.102. The Balaban J connectivity index is 1.60. The van der Waals surface area contributed by atoms with Gasteiger partial charge in [0.05, 0.1) is 15.7 Å². The molecular formula is C17H14ClN5OS. The maximum absolute atomic E-state index is 12.5. The molecule has 2 aromatic carbocycles. The van der Waals surface area contributed by atoms with Gasteiger partial charge >= 0.3 is 0 Å². The van der Waals surface area contributed by atoms with Crippen molar-refractivity contribution in [2.45, 2.75) is 19.9 Å². The van der Waals surface area contributed by atoms with Gasteiger partial charge in [0.2, 0.25) is 0 Å². The highest BCUT2D eigenvalue weighted by Gasteiger charge is 2.13. The number of amides is 1. The first-order chi connectivity index (χ1) is 12.1. The van der Waals surface area contributed by atoms with E-state index in [1.807, 2.05) is 22.9 Å². The van der Waals surface area contributed by atoms with Crippen LogP contribution < -0.4 is 5.32 Å². The first-order valence-electron chi connectivity index (χ1n) is 7.85. The molecule has 0 saturated heterocycles. The highest BCUT2D eigenvalue weighted by molar-refractivity contribution is 7.22. The summed E-state index contributed by atoms with van der Waals surface area (Å²) in [5.41, 5.74) is 2.96. The van der Waals surface area contributed by atoms with Crippen LogP contribution in [0.3, 0.4) is 0 Å². The molecule has 25 heavy (non-hydrogen) atoms. The van der Waals surface area contributed by atoms with Gasteiger partial charge in [-0.1, -0.05) is 35.1 Å². The van der Waals surface area contributed by atoms with Gasteiger partial charge in [0, 0.05) is 17.1 Å². The summed E-state index contributed by atoms with van der Waals surface area (Å²) < 4.78 is 2.77. The number of nitrogens with one attached hydrogen (secondary N) is 1. The lowest BCUT2D eigenvalue weighted by atomic mass is 10.2. The van der Waals surface area contributed by atoms with Crippen LogP contribution in [-0.4, -0.2) is 25.9 Å². The summed E-state index contributed by atoms with van der Waals surface area (Å²) in [6.45, 7) is 2.89. The topological polar surface area (TPSA) is 72.7 Å². The van der Waals surface area contributed by atoms with E-state index in [4.69, 9.17) is 11.6 Å². The number of benzene rings is 2. The van der Waals surface area contributed by atoms with E-state index in [0.717, 1.165) is 28.7 Å². The lowest BCUT2D eigenvalue weighted by Gasteiger charge is -2.02. The van der Waals surface area contributed by atoms with Crippen molar-refractivity contribution in [1.82, 2.24) is 20.0 Å². The monoisotopic (exact) mass is 371 g/mol. The second-order valence-electron chi connectivity index (χ2n) is 5.60. The van der Waals surface area contributed by atoms with Crippen molar-refractivity contribution in [1.29, 1.82) is 0 Å². The summed E-state index contributed by atoms with van der Waals surface area (Å²) in [4.78, 5) is 16.9. The number of fused-ring (bicyclic) bond motifs is 2. The fourth-order valence-corrected chi connectivity index (χ4v) is 3.75. The number of aryl methyl sites for hydroxylation is 1. The van der Waals surface area contributed by atoms with Gasteiger partial charge < -0.3 is 0 Å². The van der Waals surface area contributed by atoms with E-state index in [9.17, 15) is 4.79 Å². The third-order valence-electron chi connectivity index (χ3n) is 3.78. The van der Waals surface area contributed by atoms with E-state index in [1.165, 1.54) is 11.3 Å². The Labute approximate surface area is 152 Å². The number of aromatic nitrogens is 4. The molecular weight excluding hydrogens is 358 g/mol. The van der Waals surface area contributed by atoms with Crippen molar-refractivity contribution in [3.63, 3.8) is 0 Å². The van der Waals surface area contributed by atoms with Gasteiger partial charge in [0.25, 0.3) is 5.91 Å². The Kier molecular flexibility index (Phi) is 4.10. The summed E-state index contributed by atoms with van der Waals surface area (Å²) in [5, 5.41) is 12.3. The number of halogens is 1. The zero-order valence-corrected chi connectivity index (χ0v) is 14.9. The maximum Gasteiger partial charge on any atom is 0.257 e. The molecule has 0 bridgehead atoms. The third kappa shape index (κ3) is 3.08. The predicted molar refractivity (Wildman–Crippen MR) is 100 cm³/mol. The highest BCUT2D eigenvalue weighted by Crippen LogP contribution is 2.28. The second-order valence-corrected chi connectivity index (χ2v) is 7.07. The standard InChI is InChI=1S/C17H14ClN5OS/c1-2-7-23-14-6-3-10(8-13(14)21-22-23)16(24)20-17-19-12-5-4-11(18)9-15(12)25-17/h3-6,8-9H,2,7H2,1H3,(H,19,20,24). The second kappa shape index (κ2) is 6.42. The van der Waals surface area contributed by atoms with Crippen LogP contribution in [0.1, 0.15) is 23.7 Å². The number of anilines is 1. The summed E-state index contributed by atoms with van der Waals surface area (Å²) in [7, 11) is 0. The van der Waals surface area contributed by atoms with E-state index in [-0.39, 0.29) is 5.91 Å². The zero-order valence-electron chi connectivity index (χ0n) is 13.4. The SMILES string of the molecule is CCCn1nnc2cc(C(=O)Nc3nc4ccc(Cl)cc4s3)ccc21. The molecule has 6 nitrogen and oxygen atoms in total. The van der Waals surface area contributed by atoms with Crippen molar-refractivity contribution < 1.29 is 4.79 Å². The fourth-order valence-electron chi connectivity index (χ4n) is 2.61. The van der Waals surface area contributed by atoms with Crippen LogP contribution in [0.2, 0.25) is 5.02 Å². The number of carbonyl (C=O) groups is 1. The predicted octanol–water partition coefficient (Wildman–Crippen LogP) is 4.36. The molecule has 126 valence electrons. The van der Waals surface area contributed by atoms with Crippen LogP contribution >= 0.6 is 22.9 Å². The molecule has 0 aliphatic rings. The third-order valence-corrected chi connectivity index (χ3v) is 4.95. The molecule has 0 aliphatic heterocycles. The molecule has 8 heteroatoms. The summed E-state index contributed by atoms with van der Waals surface area (Å²) in [6.07, 6.45) is 0.975. The molecule has 4 aromatic rings. The van der Waals surface area contributed by atoms with Crippen LogP contribution in [0.4, 0.5) is 5.13 Å². The maximum atomic E-state index is 12.5. The lowest BCUT2D eigenvalue weighted by Crippen LogP contribution is -2.11. The van der Waals surface area contributed by atoms with Crippen LogP contribution in [0.25, 0.3) is 21.3 Å². The van der Waals surface area contributed by atoms with Crippen LogP contribution in [0, 0.1) is 0 Å². The molecule has 0 fully saturated rings. The molecule has 1 N–H and O–H groups in total. The number of rotatable bonds is 4. The molecule has 0 radical (unpaired) electrons. The molecule has 2 aromatic heterocycles. The average Bonchev–Trinajstić information content (AvgIpc) is 3.18. The Hall–Kier alpha value is -2.51. The Morgan fingerprint density at radius 2 is 2.12 bits per heavy atom. The minimum Gasteiger partial charge on any atom is -0.298 e. The van der Waals surface area contributed by atoms with Crippen LogP contribution in [0.5, 0.6) is 0 Å². The summed E-state index contributed by atoms with van der Waals surface area (Å²) in [5.74, 6) is -0.225. The van der Waals surface area contributed by atoms with Gasteiger partial charge in [-0.25, -0.2) is 9.67 Å². The number of hydrogen-bond donors (Lipinski definition) is 1. The van der Waals surface area contributed by atoms with Crippen molar-refractivity contribution in [3.05, 3.63) is 47.0 Å². The number of nitrogens with zero attached hydrogens (tertiary/aromatic N) is 4. The molecule has 0 spiro atoms. The highest BCUT2D eigenvalue weighted by atomic mass is 35.5. The van der Waals surface area contributed by atoms with Crippen molar-refractivity contribution in [2.75, 3.05) is 5.32 Å². The van der Waals surface area contributed by atoms with Crippen molar-refractivity contribution >= 4 is 55.2 Å². The van der Waals surface area contributed by atoms with Gasteiger partial charge in [-0.05, 0) is 42.8 Å². The van der Waals surface area contributed by atoms with Crippen LogP contribution in [0.15, 0.2) is 36.4 Å². The van der Waals surface area contributed by atoms with E-state index < -0.39 is 0 Å². The number of thiazole rings is 1. The summed E-state index contributed by atoms with van der Waals surface area (Å²) >= 11 is 7.38. The number of carbonyl (C=O) groups excluding carboxylic acids is 1. The molecule has 4 rings (SSSR count). The Morgan fingerprint density at radius 3 is 2.96 bits per heavy atom. The van der Waals surface area contributed by atoms with Gasteiger partial charge in [-0.15, -0.1) is 5.10 Å². The minimum absolute atomic E-state index is 0.225. The van der Waals surface area contributed by atoms with Gasteiger partial charge in [-0.2, -0.15) is 0 Å². The van der Waals surface area contributed by atoms with E-state index in [2.05, 4.69) is 27.5 Å². The molecule has 0 atom stereocenters. The van der Waals surface area contributed by atoms with E-state index in [1.54, 1.807) is 18.2 Å². The summed E-state index contributed by atoms with van der Waals surface area (Å²) in [6, 6.07) is 10.8. The van der Waals surface area contributed by atoms with Crippen molar-refractivity contribution in [3.8, 4) is 0 Å². The average molecular weight is 372 g/mol. The Bertz CT molecular complexity index is 1090. The van der Waals surface area contributed by atoms with Gasteiger partial charge in [-0.3, -0.25) is 10.1 Å². The normalized spacial score (nSPS) is 11.3. The largest absolute Gasteiger partial charge is 0.298 e. The molecule has 0 saturated carbocycles. The van der Waals surface area contributed by atoms with Crippen LogP contribution in [-0.2, 0) is 6.54 Å². The molecule has 0 unspecified atom stereocenters.